The number of nitrogen functional groups attached to an aromatic ring is 2. The van der Waals surface area contributed by atoms with Gasteiger partial charge < -0.3 is 20.9 Å². The topological polar surface area (TPSA) is 109 Å². The summed E-state index contributed by atoms with van der Waals surface area (Å²) >= 11 is 0. The van der Waals surface area contributed by atoms with E-state index in [1.54, 1.807) is 12.4 Å². The van der Waals surface area contributed by atoms with Crippen molar-refractivity contribution in [1.29, 1.82) is 0 Å². The fraction of sp³-hybridized carbons (Fsp3) is 0.227. The van der Waals surface area contributed by atoms with Gasteiger partial charge in [0, 0.05) is 23.9 Å². The molecular weight excluding hydrogens is 366 g/mol. The van der Waals surface area contributed by atoms with Crippen LogP contribution in [0.25, 0.3) is 11.1 Å². The minimum Gasteiger partial charge on any atom is -0.454 e. The number of rotatable bonds is 3. The van der Waals surface area contributed by atoms with Crippen molar-refractivity contribution in [3.63, 3.8) is 0 Å². The van der Waals surface area contributed by atoms with E-state index < -0.39 is 0 Å². The Balaban J connectivity index is 1.73. The number of fused-ring (bicyclic) bond motifs is 1. The zero-order valence-electron chi connectivity index (χ0n) is 16.3. The van der Waals surface area contributed by atoms with Crippen LogP contribution in [0.15, 0.2) is 36.7 Å². The molecule has 0 saturated heterocycles. The average Bonchev–Trinajstić information content (AvgIpc) is 3.21. The van der Waals surface area contributed by atoms with Gasteiger partial charge in [0.25, 0.3) is 0 Å². The number of anilines is 2. The zero-order chi connectivity index (χ0) is 20.4. The van der Waals surface area contributed by atoms with Crippen LogP contribution in [-0.2, 0) is 6.42 Å². The Morgan fingerprint density at radius 1 is 1.14 bits per heavy atom. The Hall–Kier alpha value is -3.79. The quantitative estimate of drug-likeness (QED) is 0.664. The SMILES string of the molecule is CCc1nc(N)nc(N)c1C#CC(C)c1cc2c(c(-c3ccncc3)c1)OCO2. The number of hydrogen-bond acceptors (Lipinski definition) is 7. The highest BCUT2D eigenvalue weighted by Gasteiger charge is 2.21. The molecule has 29 heavy (non-hydrogen) atoms. The van der Waals surface area contributed by atoms with Crippen LogP contribution < -0.4 is 20.9 Å². The van der Waals surface area contributed by atoms with Gasteiger partial charge in [-0.3, -0.25) is 4.98 Å². The van der Waals surface area contributed by atoms with Crippen LogP contribution in [0.5, 0.6) is 11.5 Å². The van der Waals surface area contributed by atoms with Gasteiger partial charge in [-0.2, -0.15) is 4.98 Å². The summed E-state index contributed by atoms with van der Waals surface area (Å²) in [7, 11) is 0. The van der Waals surface area contributed by atoms with Crippen LogP contribution in [-0.4, -0.2) is 21.7 Å². The second-order valence-corrected chi connectivity index (χ2v) is 6.67. The molecule has 3 aromatic rings. The summed E-state index contributed by atoms with van der Waals surface area (Å²) in [5.41, 5.74) is 16.1. The van der Waals surface area contributed by atoms with Crippen LogP contribution in [0.2, 0.25) is 0 Å². The molecule has 7 nitrogen and oxygen atoms in total. The normalized spacial score (nSPS) is 12.9. The number of pyridine rings is 1. The molecule has 1 atom stereocenters. The molecule has 0 radical (unpaired) electrons. The standard InChI is InChI=1S/C22H21N5O2/c1-3-18-16(21(23)27-22(24)26-18)5-4-13(2)15-10-17(14-6-8-25-9-7-14)20-19(11-15)28-12-29-20/h6-11,13H,3,12H2,1-2H3,(H4,23,24,26,27). The molecule has 2 aromatic heterocycles. The lowest BCUT2D eigenvalue weighted by Crippen LogP contribution is -2.06. The summed E-state index contributed by atoms with van der Waals surface area (Å²) in [6.45, 7) is 4.21. The van der Waals surface area contributed by atoms with Crippen LogP contribution in [0.4, 0.5) is 11.8 Å². The third-order valence-corrected chi connectivity index (χ3v) is 4.76. The molecule has 4 rings (SSSR count). The molecule has 1 unspecified atom stereocenters. The van der Waals surface area contributed by atoms with Gasteiger partial charge in [0.1, 0.15) is 5.82 Å². The minimum absolute atomic E-state index is 0.0771. The summed E-state index contributed by atoms with van der Waals surface area (Å²) in [4.78, 5) is 12.4. The van der Waals surface area contributed by atoms with Gasteiger partial charge in [0.15, 0.2) is 11.5 Å². The summed E-state index contributed by atoms with van der Waals surface area (Å²) in [6, 6.07) is 7.93. The number of ether oxygens (including phenoxy) is 2. The van der Waals surface area contributed by atoms with E-state index in [1.807, 2.05) is 32.0 Å². The van der Waals surface area contributed by atoms with E-state index in [1.165, 1.54) is 0 Å². The van der Waals surface area contributed by atoms with E-state index in [4.69, 9.17) is 20.9 Å². The van der Waals surface area contributed by atoms with E-state index in [9.17, 15) is 0 Å². The van der Waals surface area contributed by atoms with Crippen molar-refractivity contribution < 1.29 is 9.47 Å². The second kappa shape index (κ2) is 7.68. The highest BCUT2D eigenvalue weighted by Crippen LogP contribution is 2.43. The Labute approximate surface area is 169 Å². The average molecular weight is 387 g/mol. The van der Waals surface area contributed by atoms with Crippen molar-refractivity contribution >= 4 is 11.8 Å². The molecule has 1 aliphatic heterocycles. The fourth-order valence-corrected chi connectivity index (χ4v) is 3.23. The lowest BCUT2D eigenvalue weighted by molar-refractivity contribution is 0.174. The van der Waals surface area contributed by atoms with Crippen LogP contribution in [0.3, 0.4) is 0 Å². The molecule has 0 bridgehead atoms. The Bertz CT molecular complexity index is 1120. The number of aromatic nitrogens is 3. The van der Waals surface area contributed by atoms with Gasteiger partial charge in [-0.15, -0.1) is 0 Å². The van der Waals surface area contributed by atoms with Crippen LogP contribution >= 0.6 is 0 Å². The van der Waals surface area contributed by atoms with E-state index in [0.717, 1.165) is 28.1 Å². The first-order valence-electron chi connectivity index (χ1n) is 9.34. The monoisotopic (exact) mass is 387 g/mol. The van der Waals surface area contributed by atoms with Crippen molar-refractivity contribution in [2.24, 2.45) is 0 Å². The Kier molecular flexibility index (Phi) is 4.92. The number of aryl methyl sites for hydroxylation is 1. The maximum absolute atomic E-state index is 6.02. The highest BCUT2D eigenvalue weighted by atomic mass is 16.7. The van der Waals surface area contributed by atoms with Gasteiger partial charge in [0.2, 0.25) is 12.7 Å². The van der Waals surface area contributed by atoms with Gasteiger partial charge in [0.05, 0.1) is 11.3 Å². The van der Waals surface area contributed by atoms with Crippen molar-refractivity contribution in [2.75, 3.05) is 18.3 Å². The van der Waals surface area contributed by atoms with E-state index in [2.05, 4.69) is 32.9 Å². The number of nitrogens with zero attached hydrogens (tertiary/aromatic N) is 3. The molecule has 1 aliphatic rings. The maximum atomic E-state index is 6.02. The van der Waals surface area contributed by atoms with Crippen molar-refractivity contribution in [2.45, 2.75) is 26.2 Å². The Morgan fingerprint density at radius 2 is 1.93 bits per heavy atom. The summed E-state index contributed by atoms with van der Waals surface area (Å²) in [5, 5.41) is 0. The van der Waals surface area contributed by atoms with Crippen molar-refractivity contribution in [3.05, 3.63) is 53.5 Å². The van der Waals surface area contributed by atoms with E-state index in [0.29, 0.717) is 23.6 Å². The molecule has 3 heterocycles. The molecule has 146 valence electrons. The Morgan fingerprint density at radius 3 is 2.69 bits per heavy atom. The minimum atomic E-state index is -0.0771. The third kappa shape index (κ3) is 3.65. The summed E-state index contributed by atoms with van der Waals surface area (Å²) < 4.78 is 11.3. The van der Waals surface area contributed by atoms with Gasteiger partial charge in [-0.05, 0) is 48.7 Å². The first kappa shape index (κ1) is 18.6. The van der Waals surface area contributed by atoms with Crippen LogP contribution in [0, 0.1) is 11.8 Å². The largest absolute Gasteiger partial charge is 0.454 e. The molecule has 1 aromatic carbocycles. The van der Waals surface area contributed by atoms with E-state index in [-0.39, 0.29) is 18.7 Å². The number of hydrogen-bond donors (Lipinski definition) is 2. The van der Waals surface area contributed by atoms with Gasteiger partial charge in [-0.1, -0.05) is 18.8 Å². The molecule has 7 heteroatoms. The molecule has 0 fully saturated rings. The maximum Gasteiger partial charge on any atom is 0.231 e. The summed E-state index contributed by atoms with van der Waals surface area (Å²) in [6.07, 6.45) is 4.18. The van der Waals surface area contributed by atoms with Crippen molar-refractivity contribution in [1.82, 2.24) is 15.0 Å². The molecular formula is C22H21N5O2. The highest BCUT2D eigenvalue weighted by molar-refractivity contribution is 5.75. The number of benzene rings is 1. The predicted molar refractivity (Wildman–Crippen MR) is 111 cm³/mol. The fourth-order valence-electron chi connectivity index (χ4n) is 3.23. The summed E-state index contributed by atoms with van der Waals surface area (Å²) in [5.74, 6) is 8.25. The third-order valence-electron chi connectivity index (χ3n) is 4.76. The van der Waals surface area contributed by atoms with Gasteiger partial charge >= 0.3 is 0 Å². The molecule has 0 spiro atoms. The first-order valence-corrected chi connectivity index (χ1v) is 9.34. The lowest BCUT2D eigenvalue weighted by Gasteiger charge is -2.12. The lowest BCUT2D eigenvalue weighted by atomic mass is 9.95. The molecule has 0 saturated carbocycles. The predicted octanol–water partition coefficient (Wildman–Crippen LogP) is 3.15. The first-order chi connectivity index (χ1) is 14.1. The second-order valence-electron chi connectivity index (χ2n) is 6.67. The molecule has 0 amide bonds. The molecule has 4 N–H and O–H groups in total. The van der Waals surface area contributed by atoms with Crippen LogP contribution in [0.1, 0.15) is 36.6 Å². The van der Waals surface area contributed by atoms with E-state index >= 15 is 0 Å². The zero-order valence-corrected chi connectivity index (χ0v) is 16.3. The van der Waals surface area contributed by atoms with Gasteiger partial charge in [-0.25, -0.2) is 4.98 Å². The smallest absolute Gasteiger partial charge is 0.231 e. The number of nitrogens with two attached hydrogens (primary N) is 2. The molecule has 0 aliphatic carbocycles. The van der Waals surface area contributed by atoms with Crippen molar-refractivity contribution in [3.8, 4) is 34.5 Å².